The summed E-state index contributed by atoms with van der Waals surface area (Å²) in [5, 5.41) is 2.88. The van der Waals surface area contributed by atoms with E-state index in [-0.39, 0.29) is 18.5 Å². The van der Waals surface area contributed by atoms with Crippen LogP contribution in [-0.4, -0.2) is 57.1 Å². The van der Waals surface area contributed by atoms with Crippen molar-refractivity contribution in [1.82, 2.24) is 10.2 Å². The zero-order valence-electron chi connectivity index (χ0n) is 21.4. The zero-order chi connectivity index (χ0) is 26.2. The SMILES string of the molecule is CCc1ccc(N(CC(=O)N(Cc2cccc(OC)c2)[C@H](CC)C(=O)NC(C)C)S(C)(=O)=O)cc1. The van der Waals surface area contributed by atoms with E-state index in [1.54, 1.807) is 31.4 Å². The second-order valence-corrected chi connectivity index (χ2v) is 10.7. The maximum atomic E-state index is 13.7. The third-order valence-corrected chi connectivity index (χ3v) is 6.76. The van der Waals surface area contributed by atoms with Crippen molar-refractivity contribution in [2.24, 2.45) is 0 Å². The molecule has 2 rings (SSSR count). The number of anilines is 1. The number of sulfonamides is 1. The van der Waals surface area contributed by atoms with Gasteiger partial charge in [0.05, 0.1) is 19.1 Å². The van der Waals surface area contributed by atoms with E-state index >= 15 is 0 Å². The molecule has 2 aromatic rings. The Hall–Kier alpha value is -3.07. The van der Waals surface area contributed by atoms with Crippen molar-refractivity contribution in [1.29, 1.82) is 0 Å². The molecule has 0 heterocycles. The number of carbonyl (C=O) groups excluding carboxylic acids is 2. The number of benzene rings is 2. The van der Waals surface area contributed by atoms with Crippen molar-refractivity contribution in [3.63, 3.8) is 0 Å². The van der Waals surface area contributed by atoms with Gasteiger partial charge in [0, 0.05) is 12.6 Å². The average molecular weight is 504 g/mol. The maximum absolute atomic E-state index is 13.7. The summed E-state index contributed by atoms with van der Waals surface area (Å²) >= 11 is 0. The van der Waals surface area contributed by atoms with E-state index in [1.165, 1.54) is 4.90 Å². The Morgan fingerprint density at radius 1 is 1.03 bits per heavy atom. The Kier molecular flexibility index (Phi) is 10.1. The highest BCUT2D eigenvalue weighted by atomic mass is 32.2. The number of carbonyl (C=O) groups is 2. The Balaban J connectivity index is 2.44. The van der Waals surface area contributed by atoms with Crippen LogP contribution in [0.2, 0.25) is 0 Å². The molecule has 0 saturated heterocycles. The molecule has 1 atom stereocenters. The normalized spacial score (nSPS) is 12.2. The van der Waals surface area contributed by atoms with Gasteiger partial charge in [-0.2, -0.15) is 0 Å². The summed E-state index contributed by atoms with van der Waals surface area (Å²) < 4.78 is 31.7. The molecule has 0 aliphatic rings. The molecule has 0 fully saturated rings. The van der Waals surface area contributed by atoms with Gasteiger partial charge in [-0.15, -0.1) is 0 Å². The van der Waals surface area contributed by atoms with Gasteiger partial charge in [-0.25, -0.2) is 8.42 Å². The van der Waals surface area contributed by atoms with Crippen LogP contribution in [0.15, 0.2) is 48.5 Å². The minimum Gasteiger partial charge on any atom is -0.497 e. The number of aryl methyl sites for hydroxylation is 1. The molecule has 0 aliphatic heterocycles. The lowest BCUT2D eigenvalue weighted by Crippen LogP contribution is -2.53. The molecule has 0 radical (unpaired) electrons. The first-order valence-corrected chi connectivity index (χ1v) is 13.6. The monoisotopic (exact) mass is 503 g/mol. The lowest BCUT2D eigenvalue weighted by Gasteiger charge is -2.33. The predicted molar refractivity (Wildman–Crippen MR) is 139 cm³/mol. The third kappa shape index (κ3) is 7.99. The molecule has 2 amide bonds. The van der Waals surface area contributed by atoms with Crippen LogP contribution in [0.4, 0.5) is 5.69 Å². The van der Waals surface area contributed by atoms with E-state index in [0.29, 0.717) is 17.9 Å². The standard InChI is InChI=1S/C26H37N3O5S/c1-7-20-12-14-22(15-13-20)29(35(6,32)33)18-25(30)28(24(8-2)26(31)27-19(3)4)17-21-10-9-11-23(16-21)34-5/h9-16,19,24H,7-8,17-18H2,1-6H3,(H,27,31)/t24-/m1/s1. The van der Waals surface area contributed by atoms with Crippen LogP contribution in [0.25, 0.3) is 0 Å². The van der Waals surface area contributed by atoms with Crippen molar-refractivity contribution < 1.29 is 22.7 Å². The third-order valence-electron chi connectivity index (χ3n) is 5.62. The molecule has 0 aliphatic carbocycles. The van der Waals surface area contributed by atoms with E-state index < -0.39 is 28.5 Å². The number of ether oxygens (including phenoxy) is 1. The minimum absolute atomic E-state index is 0.102. The lowest BCUT2D eigenvalue weighted by molar-refractivity contribution is -0.140. The van der Waals surface area contributed by atoms with Crippen molar-refractivity contribution in [3.05, 3.63) is 59.7 Å². The molecule has 0 bridgehead atoms. The van der Waals surface area contributed by atoms with Gasteiger partial charge < -0.3 is 15.0 Å². The van der Waals surface area contributed by atoms with Crippen molar-refractivity contribution in [3.8, 4) is 5.75 Å². The summed E-state index contributed by atoms with van der Waals surface area (Å²) in [5.74, 6) is -0.121. The van der Waals surface area contributed by atoms with Crippen LogP contribution >= 0.6 is 0 Å². The molecule has 1 N–H and O–H groups in total. The second-order valence-electron chi connectivity index (χ2n) is 8.75. The first-order valence-electron chi connectivity index (χ1n) is 11.8. The van der Waals surface area contributed by atoms with Gasteiger partial charge in [-0.05, 0) is 62.1 Å². The van der Waals surface area contributed by atoms with Crippen LogP contribution in [0.3, 0.4) is 0 Å². The lowest BCUT2D eigenvalue weighted by atomic mass is 10.1. The maximum Gasteiger partial charge on any atom is 0.244 e. The molecule has 0 spiro atoms. The van der Waals surface area contributed by atoms with Gasteiger partial charge in [0.2, 0.25) is 21.8 Å². The summed E-state index contributed by atoms with van der Waals surface area (Å²) in [6.45, 7) is 7.26. The number of methoxy groups -OCH3 is 1. The van der Waals surface area contributed by atoms with Crippen LogP contribution in [0.1, 0.15) is 45.2 Å². The molecule has 35 heavy (non-hydrogen) atoms. The highest BCUT2D eigenvalue weighted by Gasteiger charge is 2.32. The van der Waals surface area contributed by atoms with Crippen LogP contribution in [0, 0.1) is 0 Å². The smallest absolute Gasteiger partial charge is 0.244 e. The van der Waals surface area contributed by atoms with Gasteiger partial charge in [0.25, 0.3) is 0 Å². The summed E-state index contributed by atoms with van der Waals surface area (Å²) in [6.07, 6.45) is 2.26. The van der Waals surface area contributed by atoms with Gasteiger partial charge in [-0.1, -0.05) is 38.1 Å². The fraction of sp³-hybridized carbons (Fsp3) is 0.462. The number of amides is 2. The molecule has 0 unspecified atom stereocenters. The molecule has 9 heteroatoms. The molecule has 0 aromatic heterocycles. The summed E-state index contributed by atoms with van der Waals surface area (Å²) in [7, 11) is -2.20. The highest BCUT2D eigenvalue weighted by molar-refractivity contribution is 7.92. The Labute approximate surface area is 209 Å². The molecular formula is C26H37N3O5S. The molecule has 0 saturated carbocycles. The van der Waals surface area contributed by atoms with Crippen LogP contribution < -0.4 is 14.4 Å². The first-order chi connectivity index (χ1) is 16.5. The van der Waals surface area contributed by atoms with Crippen molar-refractivity contribution in [2.45, 2.75) is 59.2 Å². The van der Waals surface area contributed by atoms with E-state index in [1.807, 2.05) is 52.0 Å². The largest absolute Gasteiger partial charge is 0.497 e. The zero-order valence-corrected chi connectivity index (χ0v) is 22.3. The Morgan fingerprint density at radius 2 is 1.69 bits per heavy atom. The van der Waals surface area contributed by atoms with E-state index in [2.05, 4.69) is 5.32 Å². The van der Waals surface area contributed by atoms with Crippen molar-refractivity contribution in [2.75, 3.05) is 24.2 Å². The summed E-state index contributed by atoms with van der Waals surface area (Å²) in [5.41, 5.74) is 2.23. The quantitative estimate of drug-likeness (QED) is 0.479. The van der Waals surface area contributed by atoms with E-state index in [4.69, 9.17) is 4.74 Å². The highest BCUT2D eigenvalue weighted by Crippen LogP contribution is 2.21. The van der Waals surface area contributed by atoms with Gasteiger partial charge in [-0.3, -0.25) is 13.9 Å². The molecular weight excluding hydrogens is 466 g/mol. The van der Waals surface area contributed by atoms with Crippen molar-refractivity contribution >= 4 is 27.5 Å². The molecule has 8 nitrogen and oxygen atoms in total. The van der Waals surface area contributed by atoms with E-state index in [9.17, 15) is 18.0 Å². The number of hydrogen-bond donors (Lipinski definition) is 1. The summed E-state index contributed by atoms with van der Waals surface area (Å²) in [4.78, 5) is 28.1. The minimum atomic E-state index is -3.76. The second kappa shape index (κ2) is 12.6. The number of rotatable bonds is 12. The van der Waals surface area contributed by atoms with Gasteiger partial charge in [0.1, 0.15) is 18.3 Å². The topological polar surface area (TPSA) is 96.0 Å². The fourth-order valence-electron chi connectivity index (χ4n) is 3.78. The predicted octanol–water partition coefficient (Wildman–Crippen LogP) is 3.36. The van der Waals surface area contributed by atoms with E-state index in [0.717, 1.165) is 28.1 Å². The van der Waals surface area contributed by atoms with Crippen LogP contribution in [-0.2, 0) is 32.6 Å². The Bertz CT molecular complexity index is 1100. The van der Waals surface area contributed by atoms with Crippen LogP contribution in [0.5, 0.6) is 5.75 Å². The average Bonchev–Trinajstić information content (AvgIpc) is 2.81. The summed E-state index contributed by atoms with van der Waals surface area (Å²) in [6, 6.07) is 13.5. The van der Waals surface area contributed by atoms with Gasteiger partial charge in [0.15, 0.2) is 0 Å². The Morgan fingerprint density at radius 3 is 2.20 bits per heavy atom. The fourth-order valence-corrected chi connectivity index (χ4v) is 4.63. The number of nitrogens with zero attached hydrogens (tertiary/aromatic N) is 2. The number of hydrogen-bond acceptors (Lipinski definition) is 5. The number of nitrogens with one attached hydrogen (secondary N) is 1. The van der Waals surface area contributed by atoms with Gasteiger partial charge >= 0.3 is 0 Å². The molecule has 2 aromatic carbocycles. The molecule has 192 valence electrons. The first kappa shape index (κ1) is 28.2.